The monoisotopic (exact) mass is 350 g/mol. The van der Waals surface area contributed by atoms with Crippen LogP contribution in [0.4, 0.5) is 0 Å². The predicted octanol–water partition coefficient (Wildman–Crippen LogP) is 1.33. The Morgan fingerprint density at radius 3 is 2.84 bits per heavy atom. The van der Waals surface area contributed by atoms with E-state index in [0.29, 0.717) is 37.8 Å². The minimum atomic E-state index is -0.538. The van der Waals surface area contributed by atoms with Gasteiger partial charge in [0.05, 0.1) is 12.5 Å². The quantitative estimate of drug-likeness (QED) is 0.831. The van der Waals surface area contributed by atoms with Crippen molar-refractivity contribution < 1.29 is 18.8 Å². The number of likely N-dealkylation sites (tertiary alicyclic amines) is 1. The predicted molar refractivity (Wildman–Crippen MR) is 88.7 cm³/mol. The molecule has 138 valence electrons. The summed E-state index contributed by atoms with van der Waals surface area (Å²) in [6.07, 6.45) is 5.20. The zero-order valence-corrected chi connectivity index (χ0v) is 14.9. The summed E-state index contributed by atoms with van der Waals surface area (Å²) < 4.78 is 10.5. The molecule has 1 unspecified atom stereocenters. The fourth-order valence-electron chi connectivity index (χ4n) is 3.85. The Morgan fingerprint density at radius 2 is 2.16 bits per heavy atom. The number of hydrogen-bond acceptors (Lipinski definition) is 6. The minimum absolute atomic E-state index is 0.0797. The number of nitrogens with one attached hydrogen (secondary N) is 1. The van der Waals surface area contributed by atoms with Crippen molar-refractivity contribution in [3.63, 3.8) is 0 Å². The van der Waals surface area contributed by atoms with Gasteiger partial charge in [-0.2, -0.15) is 4.98 Å². The third-order valence-electron chi connectivity index (χ3n) is 5.12. The van der Waals surface area contributed by atoms with Crippen LogP contribution in [0.3, 0.4) is 0 Å². The molecule has 25 heavy (non-hydrogen) atoms. The molecule has 8 nitrogen and oxygen atoms in total. The average Bonchev–Trinajstić information content (AvgIpc) is 3.20. The molecule has 0 spiro atoms. The van der Waals surface area contributed by atoms with Gasteiger partial charge in [-0.3, -0.25) is 9.59 Å². The SMILES string of the molecule is COCCN1CC(c2nc(C3(NC(C)=O)CCCCC3)no2)CC1=O. The molecule has 1 aliphatic heterocycles. The van der Waals surface area contributed by atoms with Crippen LogP contribution in [0.1, 0.15) is 63.1 Å². The standard InChI is InChI=1S/C17H26N4O4/c1-12(22)19-17(6-4-3-5-7-17)16-18-15(25-20-16)13-10-14(23)21(11-13)8-9-24-2/h13H,3-11H2,1-2H3,(H,19,22). The number of ether oxygens (including phenoxy) is 1. The smallest absolute Gasteiger partial charge is 0.232 e. The molecule has 2 amide bonds. The number of rotatable bonds is 6. The molecule has 0 radical (unpaired) electrons. The van der Waals surface area contributed by atoms with E-state index in [1.165, 1.54) is 6.92 Å². The summed E-state index contributed by atoms with van der Waals surface area (Å²) in [6.45, 7) is 3.17. The normalized spacial score (nSPS) is 23.0. The van der Waals surface area contributed by atoms with Crippen molar-refractivity contribution in [2.75, 3.05) is 26.8 Å². The third-order valence-corrected chi connectivity index (χ3v) is 5.12. The average molecular weight is 350 g/mol. The van der Waals surface area contributed by atoms with Gasteiger partial charge in [0.1, 0.15) is 5.54 Å². The first-order chi connectivity index (χ1) is 12.0. The highest BCUT2D eigenvalue weighted by Gasteiger charge is 2.41. The summed E-state index contributed by atoms with van der Waals surface area (Å²) >= 11 is 0. The Kier molecular flexibility index (Phi) is 5.36. The lowest BCUT2D eigenvalue weighted by Crippen LogP contribution is -2.47. The lowest BCUT2D eigenvalue weighted by molar-refractivity contribution is -0.128. The molecule has 1 saturated carbocycles. The van der Waals surface area contributed by atoms with Gasteiger partial charge >= 0.3 is 0 Å². The summed E-state index contributed by atoms with van der Waals surface area (Å²) in [4.78, 5) is 30.1. The first-order valence-electron chi connectivity index (χ1n) is 8.93. The summed E-state index contributed by atoms with van der Waals surface area (Å²) in [7, 11) is 1.62. The van der Waals surface area contributed by atoms with Crippen LogP contribution in [0, 0.1) is 0 Å². The second-order valence-corrected chi connectivity index (χ2v) is 7.01. The second-order valence-electron chi connectivity index (χ2n) is 7.01. The number of carbonyl (C=O) groups excluding carboxylic acids is 2. The molecule has 2 fully saturated rings. The molecular formula is C17H26N4O4. The first-order valence-corrected chi connectivity index (χ1v) is 8.93. The fourth-order valence-corrected chi connectivity index (χ4v) is 3.85. The molecule has 1 N–H and O–H groups in total. The number of methoxy groups -OCH3 is 1. The van der Waals surface area contributed by atoms with E-state index in [1.807, 2.05) is 0 Å². The van der Waals surface area contributed by atoms with Crippen molar-refractivity contribution in [1.29, 1.82) is 0 Å². The lowest BCUT2D eigenvalue weighted by atomic mass is 9.81. The van der Waals surface area contributed by atoms with Gasteiger partial charge in [-0.15, -0.1) is 0 Å². The Hall–Kier alpha value is -1.96. The zero-order chi connectivity index (χ0) is 17.9. The summed E-state index contributed by atoms with van der Waals surface area (Å²) in [6, 6.07) is 0. The topological polar surface area (TPSA) is 97.6 Å². The van der Waals surface area contributed by atoms with Gasteiger partial charge in [0, 0.05) is 33.5 Å². The number of amides is 2. The molecule has 0 bridgehead atoms. The van der Waals surface area contributed by atoms with Crippen molar-refractivity contribution in [3.8, 4) is 0 Å². The van der Waals surface area contributed by atoms with E-state index in [4.69, 9.17) is 9.26 Å². The Labute approximate surface area is 147 Å². The largest absolute Gasteiger partial charge is 0.383 e. The van der Waals surface area contributed by atoms with Gasteiger partial charge in [0.15, 0.2) is 5.82 Å². The van der Waals surface area contributed by atoms with Crippen LogP contribution < -0.4 is 5.32 Å². The van der Waals surface area contributed by atoms with Crippen molar-refractivity contribution in [1.82, 2.24) is 20.4 Å². The van der Waals surface area contributed by atoms with Crippen molar-refractivity contribution in [3.05, 3.63) is 11.7 Å². The van der Waals surface area contributed by atoms with Gasteiger partial charge in [0.25, 0.3) is 0 Å². The van der Waals surface area contributed by atoms with Gasteiger partial charge in [0.2, 0.25) is 17.7 Å². The molecule has 1 aliphatic carbocycles. The van der Waals surface area contributed by atoms with Gasteiger partial charge in [-0.1, -0.05) is 24.4 Å². The maximum atomic E-state index is 12.1. The van der Waals surface area contributed by atoms with Gasteiger partial charge in [-0.25, -0.2) is 0 Å². The molecule has 1 aromatic heterocycles. The number of carbonyl (C=O) groups is 2. The van der Waals surface area contributed by atoms with Crippen LogP contribution in [0.25, 0.3) is 0 Å². The van der Waals surface area contributed by atoms with Gasteiger partial charge < -0.3 is 19.5 Å². The Bertz CT molecular complexity index is 624. The zero-order valence-electron chi connectivity index (χ0n) is 14.9. The molecule has 1 atom stereocenters. The van der Waals surface area contributed by atoms with Crippen LogP contribution in [-0.4, -0.2) is 53.7 Å². The fraction of sp³-hybridized carbons (Fsp3) is 0.765. The highest BCUT2D eigenvalue weighted by atomic mass is 16.5. The molecule has 2 heterocycles. The minimum Gasteiger partial charge on any atom is -0.383 e. The van der Waals surface area contributed by atoms with E-state index in [1.54, 1.807) is 12.0 Å². The molecular weight excluding hydrogens is 324 g/mol. The molecule has 3 rings (SSSR count). The summed E-state index contributed by atoms with van der Waals surface area (Å²) in [5.41, 5.74) is -0.538. The second kappa shape index (κ2) is 7.51. The Morgan fingerprint density at radius 1 is 1.40 bits per heavy atom. The van der Waals surface area contributed by atoms with E-state index in [-0.39, 0.29) is 17.7 Å². The third kappa shape index (κ3) is 3.84. The van der Waals surface area contributed by atoms with Crippen LogP contribution in [0.15, 0.2) is 4.52 Å². The highest BCUT2D eigenvalue weighted by molar-refractivity contribution is 5.79. The van der Waals surface area contributed by atoms with Crippen LogP contribution >= 0.6 is 0 Å². The summed E-state index contributed by atoms with van der Waals surface area (Å²) in [5, 5.41) is 7.21. The van der Waals surface area contributed by atoms with E-state index in [9.17, 15) is 9.59 Å². The van der Waals surface area contributed by atoms with E-state index < -0.39 is 5.54 Å². The van der Waals surface area contributed by atoms with Crippen molar-refractivity contribution in [2.45, 2.75) is 56.9 Å². The van der Waals surface area contributed by atoms with E-state index >= 15 is 0 Å². The number of hydrogen-bond donors (Lipinski definition) is 1. The van der Waals surface area contributed by atoms with E-state index in [2.05, 4.69) is 15.5 Å². The molecule has 8 heteroatoms. The molecule has 0 aromatic carbocycles. The van der Waals surface area contributed by atoms with Crippen molar-refractivity contribution in [2.24, 2.45) is 0 Å². The first kappa shape index (κ1) is 17.8. The number of aromatic nitrogens is 2. The summed E-state index contributed by atoms with van der Waals surface area (Å²) in [5.74, 6) is 0.924. The highest BCUT2D eigenvalue weighted by Crippen LogP contribution is 2.37. The molecule has 1 saturated heterocycles. The van der Waals surface area contributed by atoms with E-state index in [0.717, 1.165) is 32.1 Å². The van der Waals surface area contributed by atoms with Gasteiger partial charge in [-0.05, 0) is 12.8 Å². The van der Waals surface area contributed by atoms with Crippen LogP contribution in [-0.2, 0) is 19.9 Å². The van der Waals surface area contributed by atoms with Crippen LogP contribution in [0.5, 0.6) is 0 Å². The van der Waals surface area contributed by atoms with Crippen molar-refractivity contribution >= 4 is 11.8 Å². The maximum Gasteiger partial charge on any atom is 0.232 e. The number of nitrogens with zero attached hydrogens (tertiary/aromatic N) is 3. The lowest BCUT2D eigenvalue weighted by Gasteiger charge is -2.34. The maximum absolute atomic E-state index is 12.1. The molecule has 2 aliphatic rings. The molecule has 1 aromatic rings. The Balaban J connectivity index is 1.75. The van der Waals surface area contributed by atoms with Crippen LogP contribution in [0.2, 0.25) is 0 Å².